The Morgan fingerprint density at radius 2 is 0.895 bits per heavy atom. The third kappa shape index (κ3) is 40.6. The molecule has 1 amide bonds. The van der Waals surface area contributed by atoms with E-state index in [4.69, 9.17) is 4.74 Å². The highest BCUT2D eigenvalue weighted by molar-refractivity contribution is 5.77. The van der Waals surface area contributed by atoms with E-state index >= 15 is 0 Å². The van der Waals surface area contributed by atoms with Crippen molar-refractivity contribution < 1.29 is 24.5 Å². The van der Waals surface area contributed by atoms with E-state index in [0.717, 1.165) is 70.6 Å². The largest absolute Gasteiger partial charge is 0.462 e. The molecule has 0 aromatic rings. The van der Waals surface area contributed by atoms with E-state index in [1.165, 1.54) is 135 Å². The molecule has 0 heterocycles. The van der Waals surface area contributed by atoms with Gasteiger partial charge in [0.05, 0.1) is 25.2 Å². The van der Waals surface area contributed by atoms with E-state index < -0.39 is 18.2 Å². The highest BCUT2D eigenvalue weighted by atomic mass is 16.5. The second-order valence-electron chi connectivity index (χ2n) is 16.9. The zero-order valence-corrected chi connectivity index (χ0v) is 38.0. The zero-order chi connectivity index (χ0) is 41.7. The number of carbonyl (C=O) groups excluding carboxylic acids is 2. The summed E-state index contributed by atoms with van der Waals surface area (Å²) in [6, 6.07) is -0.698. The fourth-order valence-corrected chi connectivity index (χ4v) is 7.44. The predicted molar refractivity (Wildman–Crippen MR) is 246 cm³/mol. The van der Waals surface area contributed by atoms with Crippen LogP contribution >= 0.6 is 0 Å². The lowest BCUT2D eigenvalue weighted by Gasteiger charge is -2.24. The second-order valence-corrected chi connectivity index (χ2v) is 16.9. The number of unbranched alkanes of at least 4 members (excludes halogenated alkanes) is 26. The average Bonchev–Trinajstić information content (AvgIpc) is 3.20. The number of ether oxygens (including phenoxy) is 1. The molecule has 0 spiro atoms. The molecule has 6 heteroatoms. The first kappa shape index (κ1) is 55.1. The molecule has 334 valence electrons. The van der Waals surface area contributed by atoms with Crippen LogP contribution in [-0.2, 0) is 14.3 Å². The van der Waals surface area contributed by atoms with Gasteiger partial charge in [0.25, 0.3) is 0 Å². The molecule has 0 aliphatic carbocycles. The van der Waals surface area contributed by atoms with Crippen LogP contribution < -0.4 is 5.32 Å². The molecule has 0 aromatic heterocycles. The summed E-state index contributed by atoms with van der Waals surface area (Å²) in [5, 5.41) is 23.6. The number of carbonyl (C=O) groups is 2. The molecule has 0 saturated carbocycles. The Labute approximate surface area is 353 Å². The smallest absolute Gasteiger partial charge is 0.306 e. The Balaban J connectivity index is 4.38. The summed E-state index contributed by atoms with van der Waals surface area (Å²) in [5.41, 5.74) is 0. The number of aliphatic hydroxyl groups excluding tert-OH is 2. The minimum Gasteiger partial charge on any atom is -0.462 e. The first-order valence-electron chi connectivity index (χ1n) is 24.7. The lowest BCUT2D eigenvalue weighted by atomic mass is 10.0. The molecule has 0 fully saturated rings. The number of rotatable bonds is 44. The zero-order valence-electron chi connectivity index (χ0n) is 38.0. The van der Waals surface area contributed by atoms with Crippen LogP contribution in [0.5, 0.6) is 0 Å². The Kier molecular flexibility index (Phi) is 43.6. The molecule has 0 bridgehead atoms. The van der Waals surface area contributed by atoms with Crippen LogP contribution in [0.1, 0.15) is 252 Å². The number of allylic oxidation sites excluding steroid dienone is 6. The molecular weight excluding hydrogens is 707 g/mol. The van der Waals surface area contributed by atoms with Gasteiger partial charge in [-0.05, 0) is 64.2 Å². The summed E-state index contributed by atoms with van der Waals surface area (Å²) in [6.45, 7) is 6.42. The maximum atomic E-state index is 13.1. The van der Waals surface area contributed by atoms with Gasteiger partial charge in [-0.1, -0.05) is 211 Å². The number of aliphatic hydroxyl groups is 2. The van der Waals surface area contributed by atoms with Crippen LogP contribution in [0, 0.1) is 0 Å². The van der Waals surface area contributed by atoms with Crippen molar-refractivity contribution in [1.82, 2.24) is 5.32 Å². The summed E-state index contributed by atoms with van der Waals surface area (Å²) in [6.07, 6.45) is 52.1. The van der Waals surface area contributed by atoms with Gasteiger partial charge in [0, 0.05) is 6.42 Å². The molecule has 6 nitrogen and oxygen atoms in total. The first-order chi connectivity index (χ1) is 28.0. The molecule has 57 heavy (non-hydrogen) atoms. The van der Waals surface area contributed by atoms with Crippen molar-refractivity contribution in [1.29, 1.82) is 0 Å². The normalized spacial score (nSPS) is 13.6. The van der Waals surface area contributed by atoms with E-state index in [2.05, 4.69) is 62.5 Å². The number of nitrogens with one attached hydrogen (secondary N) is 1. The number of esters is 1. The molecule has 0 saturated heterocycles. The summed E-state index contributed by atoms with van der Waals surface area (Å²) in [4.78, 5) is 26.0. The standard InChI is InChI=1S/C51H95NO5/c1-4-7-10-13-16-18-20-22-23-24-25-26-27-28-30-32-35-38-41-44-51(56)57-47(42-39-36-33-15-12-9-6-3)45-50(55)52-48(46-53)49(54)43-40-37-34-31-29-21-19-17-14-11-8-5-2/h16,18,22-23,25-26,47-49,53-54H,4-15,17,19-21,24,27-46H2,1-3H3,(H,52,55)/b18-16-,23-22-,26-25-. The Bertz CT molecular complexity index is 946. The maximum Gasteiger partial charge on any atom is 0.306 e. The molecule has 3 atom stereocenters. The summed E-state index contributed by atoms with van der Waals surface area (Å²) >= 11 is 0. The van der Waals surface area contributed by atoms with Crippen LogP contribution in [0.25, 0.3) is 0 Å². The third-order valence-electron chi connectivity index (χ3n) is 11.2. The number of hydrogen-bond donors (Lipinski definition) is 3. The lowest BCUT2D eigenvalue weighted by Crippen LogP contribution is -2.46. The summed E-state index contributed by atoms with van der Waals surface area (Å²) in [7, 11) is 0. The van der Waals surface area contributed by atoms with Gasteiger partial charge in [-0.25, -0.2) is 0 Å². The molecule has 0 aliphatic rings. The monoisotopic (exact) mass is 802 g/mol. The lowest BCUT2D eigenvalue weighted by molar-refractivity contribution is -0.151. The molecular formula is C51H95NO5. The summed E-state index contributed by atoms with van der Waals surface area (Å²) < 4.78 is 5.89. The SMILES string of the molecule is CCCCC/C=C\C/C=C\C/C=C\CCCCCCCCC(=O)OC(CCCCCCCCC)CC(=O)NC(CO)C(O)CCCCCCCCCCCCCC. The molecule has 0 radical (unpaired) electrons. The van der Waals surface area contributed by atoms with Crippen molar-refractivity contribution in [3.63, 3.8) is 0 Å². The van der Waals surface area contributed by atoms with Crippen LogP contribution in [-0.4, -0.2) is 46.9 Å². The maximum absolute atomic E-state index is 13.1. The van der Waals surface area contributed by atoms with Crippen LogP contribution in [0.15, 0.2) is 36.5 Å². The van der Waals surface area contributed by atoms with Crippen molar-refractivity contribution >= 4 is 11.9 Å². The van der Waals surface area contributed by atoms with Crippen molar-refractivity contribution in [3.05, 3.63) is 36.5 Å². The topological polar surface area (TPSA) is 95.9 Å². The molecule has 0 aliphatic heterocycles. The van der Waals surface area contributed by atoms with Gasteiger partial charge in [-0.3, -0.25) is 9.59 Å². The summed E-state index contributed by atoms with van der Waals surface area (Å²) in [5.74, 6) is -0.487. The molecule has 3 N–H and O–H groups in total. The van der Waals surface area contributed by atoms with Gasteiger partial charge in [-0.2, -0.15) is 0 Å². The van der Waals surface area contributed by atoms with E-state index in [-0.39, 0.29) is 24.9 Å². The van der Waals surface area contributed by atoms with Gasteiger partial charge in [0.1, 0.15) is 6.10 Å². The molecule has 0 rings (SSSR count). The quantitative estimate of drug-likeness (QED) is 0.0324. The van der Waals surface area contributed by atoms with Crippen LogP contribution in [0.3, 0.4) is 0 Å². The minimum absolute atomic E-state index is 0.0741. The van der Waals surface area contributed by atoms with Gasteiger partial charge < -0.3 is 20.3 Å². The van der Waals surface area contributed by atoms with Gasteiger partial charge >= 0.3 is 5.97 Å². The molecule has 3 unspecified atom stereocenters. The van der Waals surface area contributed by atoms with Crippen molar-refractivity contribution in [2.24, 2.45) is 0 Å². The van der Waals surface area contributed by atoms with E-state index in [0.29, 0.717) is 19.3 Å². The van der Waals surface area contributed by atoms with E-state index in [9.17, 15) is 19.8 Å². The van der Waals surface area contributed by atoms with Crippen molar-refractivity contribution in [2.75, 3.05) is 6.61 Å². The van der Waals surface area contributed by atoms with Gasteiger partial charge in [0.15, 0.2) is 0 Å². The third-order valence-corrected chi connectivity index (χ3v) is 11.2. The van der Waals surface area contributed by atoms with Crippen molar-refractivity contribution in [3.8, 4) is 0 Å². The first-order valence-corrected chi connectivity index (χ1v) is 24.7. The van der Waals surface area contributed by atoms with Crippen molar-refractivity contribution in [2.45, 2.75) is 270 Å². The van der Waals surface area contributed by atoms with Gasteiger partial charge in [-0.15, -0.1) is 0 Å². The Hall–Kier alpha value is -1.92. The Morgan fingerprint density at radius 1 is 0.509 bits per heavy atom. The minimum atomic E-state index is -0.785. The fourth-order valence-electron chi connectivity index (χ4n) is 7.44. The number of amides is 1. The van der Waals surface area contributed by atoms with Crippen LogP contribution in [0.2, 0.25) is 0 Å². The Morgan fingerprint density at radius 3 is 1.39 bits per heavy atom. The van der Waals surface area contributed by atoms with E-state index in [1.807, 2.05) is 0 Å². The van der Waals surface area contributed by atoms with E-state index in [1.54, 1.807) is 0 Å². The van der Waals surface area contributed by atoms with Crippen LogP contribution in [0.4, 0.5) is 0 Å². The molecule has 0 aromatic carbocycles. The average molecular weight is 802 g/mol. The second kappa shape index (κ2) is 45.2. The highest BCUT2D eigenvalue weighted by Gasteiger charge is 2.24. The highest BCUT2D eigenvalue weighted by Crippen LogP contribution is 2.17. The number of hydrogen-bond acceptors (Lipinski definition) is 5. The van der Waals surface area contributed by atoms with Gasteiger partial charge in [0.2, 0.25) is 5.91 Å². The fraction of sp³-hybridized carbons (Fsp3) is 0.843. The predicted octanol–water partition coefficient (Wildman–Crippen LogP) is 14.5.